The Balaban J connectivity index is 1.83. The number of rotatable bonds is 5. The van der Waals surface area contributed by atoms with Crippen molar-refractivity contribution in [2.45, 2.75) is 26.2 Å². The summed E-state index contributed by atoms with van der Waals surface area (Å²) in [5.41, 5.74) is 1.30. The quantitative estimate of drug-likeness (QED) is 0.783. The van der Waals surface area contributed by atoms with E-state index in [4.69, 9.17) is 4.84 Å². The van der Waals surface area contributed by atoms with Gasteiger partial charge in [0.1, 0.15) is 0 Å². The Hall–Kier alpha value is -2.95. The van der Waals surface area contributed by atoms with Crippen molar-refractivity contribution < 1.29 is 19.2 Å². The Labute approximate surface area is 146 Å². The summed E-state index contributed by atoms with van der Waals surface area (Å²) >= 11 is 0. The molecule has 0 saturated carbocycles. The predicted molar refractivity (Wildman–Crippen MR) is 91.7 cm³/mol. The van der Waals surface area contributed by atoms with Gasteiger partial charge in [-0.25, -0.2) is 4.79 Å². The second-order valence-corrected chi connectivity index (χ2v) is 6.45. The van der Waals surface area contributed by atoms with Gasteiger partial charge in [0.05, 0.1) is 17.0 Å². The van der Waals surface area contributed by atoms with Crippen LogP contribution in [0, 0.1) is 5.92 Å². The number of carbonyl (C=O) groups is 3. The van der Waals surface area contributed by atoms with Gasteiger partial charge in [-0.15, -0.1) is 0 Å². The molecule has 5 nitrogen and oxygen atoms in total. The third kappa shape index (κ3) is 3.31. The average Bonchev–Trinajstić information content (AvgIpc) is 2.85. The van der Waals surface area contributed by atoms with Crippen LogP contribution in [0.4, 0.5) is 0 Å². The van der Waals surface area contributed by atoms with Crippen LogP contribution in [0.3, 0.4) is 0 Å². The van der Waals surface area contributed by atoms with Gasteiger partial charge in [0.25, 0.3) is 11.8 Å². The molecule has 25 heavy (non-hydrogen) atoms. The molecule has 1 heterocycles. The van der Waals surface area contributed by atoms with Gasteiger partial charge in [-0.3, -0.25) is 9.59 Å². The van der Waals surface area contributed by atoms with Crippen molar-refractivity contribution in [1.29, 1.82) is 0 Å². The van der Waals surface area contributed by atoms with Crippen molar-refractivity contribution in [2.24, 2.45) is 5.92 Å². The van der Waals surface area contributed by atoms with Crippen LogP contribution in [0.1, 0.15) is 52.5 Å². The molecule has 1 atom stereocenters. The normalized spacial score (nSPS) is 14.6. The van der Waals surface area contributed by atoms with E-state index in [9.17, 15) is 14.4 Å². The van der Waals surface area contributed by atoms with Crippen molar-refractivity contribution in [3.8, 4) is 0 Å². The van der Waals surface area contributed by atoms with Crippen LogP contribution in [0.5, 0.6) is 0 Å². The summed E-state index contributed by atoms with van der Waals surface area (Å²) in [5, 5.41) is 0.573. The van der Waals surface area contributed by atoms with E-state index in [0.29, 0.717) is 11.5 Å². The summed E-state index contributed by atoms with van der Waals surface area (Å²) < 4.78 is 0. The number of imide groups is 1. The summed E-state index contributed by atoms with van der Waals surface area (Å²) in [5.74, 6) is -2.10. The number of hydrogen-bond donors (Lipinski definition) is 0. The first-order valence-electron chi connectivity index (χ1n) is 8.23. The molecule has 0 radical (unpaired) electrons. The molecule has 1 unspecified atom stereocenters. The molecule has 0 N–H and O–H groups in total. The van der Waals surface area contributed by atoms with Crippen LogP contribution in [-0.4, -0.2) is 22.8 Å². The SMILES string of the molecule is CC(C)CC(C(=O)ON1C(=O)c2ccccc2C1=O)c1ccccc1. The third-order valence-corrected chi connectivity index (χ3v) is 4.13. The van der Waals surface area contributed by atoms with Gasteiger partial charge in [-0.1, -0.05) is 61.4 Å². The first-order valence-corrected chi connectivity index (χ1v) is 8.23. The fourth-order valence-electron chi connectivity index (χ4n) is 2.93. The van der Waals surface area contributed by atoms with Gasteiger partial charge in [0.15, 0.2) is 0 Å². The van der Waals surface area contributed by atoms with E-state index in [0.717, 1.165) is 5.56 Å². The summed E-state index contributed by atoms with van der Waals surface area (Å²) in [6, 6.07) is 15.7. The van der Waals surface area contributed by atoms with Gasteiger partial charge >= 0.3 is 5.97 Å². The molecule has 0 spiro atoms. The number of nitrogens with zero attached hydrogens (tertiary/aromatic N) is 1. The van der Waals surface area contributed by atoms with Gasteiger partial charge in [0.2, 0.25) is 0 Å². The highest BCUT2D eigenvalue weighted by Crippen LogP contribution is 2.28. The number of hydroxylamine groups is 2. The predicted octanol–water partition coefficient (Wildman–Crippen LogP) is 3.57. The molecule has 2 amide bonds. The van der Waals surface area contributed by atoms with Crippen molar-refractivity contribution in [1.82, 2.24) is 5.06 Å². The minimum atomic E-state index is -0.606. The summed E-state index contributed by atoms with van der Waals surface area (Å²) in [7, 11) is 0. The molecule has 0 bridgehead atoms. The fraction of sp³-hybridized carbons (Fsp3) is 0.250. The minimum absolute atomic E-state index is 0.250. The van der Waals surface area contributed by atoms with E-state index in [1.54, 1.807) is 24.3 Å². The monoisotopic (exact) mass is 337 g/mol. The number of benzene rings is 2. The standard InChI is InChI=1S/C20H19NO4/c1-13(2)12-17(14-8-4-3-5-9-14)20(24)25-21-18(22)15-10-6-7-11-16(15)19(21)23/h3-11,13,17H,12H2,1-2H3. The molecule has 3 rings (SSSR count). The fourth-order valence-corrected chi connectivity index (χ4v) is 2.93. The van der Waals surface area contributed by atoms with Gasteiger partial charge in [0, 0.05) is 0 Å². The molecule has 0 aliphatic carbocycles. The Morgan fingerprint density at radius 3 is 1.96 bits per heavy atom. The van der Waals surface area contributed by atoms with Gasteiger partial charge < -0.3 is 4.84 Å². The smallest absolute Gasteiger partial charge is 0.329 e. The van der Waals surface area contributed by atoms with E-state index in [1.165, 1.54) is 0 Å². The zero-order valence-electron chi connectivity index (χ0n) is 14.1. The Bertz CT molecular complexity index is 778. The maximum atomic E-state index is 12.7. The van der Waals surface area contributed by atoms with Crippen LogP contribution < -0.4 is 0 Å². The zero-order chi connectivity index (χ0) is 18.0. The first-order chi connectivity index (χ1) is 12.0. The molecule has 0 fully saturated rings. The van der Waals surface area contributed by atoms with Crippen molar-refractivity contribution in [3.05, 3.63) is 71.3 Å². The summed E-state index contributed by atoms with van der Waals surface area (Å²) in [6.45, 7) is 4.01. The Kier molecular flexibility index (Phi) is 4.65. The molecule has 2 aromatic carbocycles. The maximum absolute atomic E-state index is 12.7. The van der Waals surface area contributed by atoms with Crippen LogP contribution >= 0.6 is 0 Å². The highest BCUT2D eigenvalue weighted by atomic mass is 16.7. The molecule has 5 heteroatoms. The molecule has 0 aromatic heterocycles. The van der Waals surface area contributed by atoms with E-state index in [2.05, 4.69) is 0 Å². The lowest BCUT2D eigenvalue weighted by Gasteiger charge is -2.20. The first kappa shape index (κ1) is 16.9. The lowest BCUT2D eigenvalue weighted by Crippen LogP contribution is -2.35. The number of fused-ring (bicyclic) bond motifs is 1. The van der Waals surface area contributed by atoms with Crippen molar-refractivity contribution in [2.75, 3.05) is 0 Å². The Morgan fingerprint density at radius 2 is 1.44 bits per heavy atom. The second-order valence-electron chi connectivity index (χ2n) is 6.45. The van der Waals surface area contributed by atoms with E-state index in [-0.39, 0.29) is 17.0 Å². The van der Waals surface area contributed by atoms with Gasteiger partial charge in [-0.05, 0) is 30.0 Å². The highest BCUT2D eigenvalue weighted by Gasteiger charge is 2.40. The van der Waals surface area contributed by atoms with Crippen molar-refractivity contribution >= 4 is 17.8 Å². The molecule has 1 aliphatic heterocycles. The van der Waals surface area contributed by atoms with E-state index >= 15 is 0 Å². The number of carbonyl (C=O) groups excluding carboxylic acids is 3. The highest BCUT2D eigenvalue weighted by molar-refractivity contribution is 6.20. The summed E-state index contributed by atoms with van der Waals surface area (Å²) in [6.07, 6.45) is 0.562. The second kappa shape index (κ2) is 6.89. The molecule has 2 aromatic rings. The number of hydrogen-bond acceptors (Lipinski definition) is 4. The topological polar surface area (TPSA) is 63.7 Å². The Morgan fingerprint density at radius 1 is 0.920 bits per heavy atom. The van der Waals surface area contributed by atoms with Crippen molar-refractivity contribution in [3.63, 3.8) is 0 Å². The molecule has 1 aliphatic rings. The number of amides is 2. The molecular formula is C20H19NO4. The van der Waals surface area contributed by atoms with Crippen LogP contribution in [-0.2, 0) is 9.63 Å². The lowest BCUT2D eigenvalue weighted by atomic mass is 9.90. The minimum Gasteiger partial charge on any atom is -0.329 e. The molecule has 128 valence electrons. The van der Waals surface area contributed by atoms with Crippen LogP contribution in [0.25, 0.3) is 0 Å². The van der Waals surface area contributed by atoms with Gasteiger partial charge in [-0.2, -0.15) is 0 Å². The molecular weight excluding hydrogens is 318 g/mol. The van der Waals surface area contributed by atoms with E-state index in [1.807, 2.05) is 44.2 Å². The lowest BCUT2D eigenvalue weighted by molar-refractivity contribution is -0.171. The molecule has 0 saturated heterocycles. The maximum Gasteiger partial charge on any atom is 0.340 e. The van der Waals surface area contributed by atoms with E-state index < -0.39 is 23.7 Å². The zero-order valence-corrected chi connectivity index (χ0v) is 14.1. The third-order valence-electron chi connectivity index (χ3n) is 4.13. The average molecular weight is 337 g/mol. The van der Waals surface area contributed by atoms with Crippen LogP contribution in [0.2, 0.25) is 0 Å². The summed E-state index contributed by atoms with van der Waals surface area (Å²) in [4.78, 5) is 42.6. The largest absolute Gasteiger partial charge is 0.340 e. The van der Waals surface area contributed by atoms with Crippen LogP contribution in [0.15, 0.2) is 54.6 Å².